The minimum absolute atomic E-state index is 0.441. The lowest BCUT2D eigenvalue weighted by molar-refractivity contribution is 0.179. The highest BCUT2D eigenvalue weighted by molar-refractivity contribution is 7.09. The van der Waals surface area contributed by atoms with Crippen molar-refractivity contribution in [2.45, 2.75) is 32.3 Å². The third-order valence-electron chi connectivity index (χ3n) is 3.01. The molecule has 19 heavy (non-hydrogen) atoms. The molecule has 0 aliphatic heterocycles. The van der Waals surface area contributed by atoms with Gasteiger partial charge in [0.25, 0.3) is 0 Å². The Morgan fingerprint density at radius 3 is 2.63 bits per heavy atom. The van der Waals surface area contributed by atoms with Gasteiger partial charge in [0.05, 0.1) is 12.7 Å². The van der Waals surface area contributed by atoms with Gasteiger partial charge in [-0.25, -0.2) is 0 Å². The quantitative estimate of drug-likeness (QED) is 0.768. The molecule has 0 aliphatic rings. The first-order valence-electron chi connectivity index (χ1n) is 6.73. The Bertz CT molecular complexity index is 462. The standard InChI is InChI=1S/C16H20O2S/c1-2-3-10-18-14-8-6-13(7-9-14)16(17)12-15-5-4-11-19-15/h4-9,11,16-17H,2-3,10,12H2,1H3. The van der Waals surface area contributed by atoms with Gasteiger partial charge in [-0.3, -0.25) is 0 Å². The van der Waals surface area contributed by atoms with Crippen molar-refractivity contribution in [2.75, 3.05) is 6.61 Å². The number of aliphatic hydroxyl groups excluding tert-OH is 1. The smallest absolute Gasteiger partial charge is 0.119 e. The average Bonchev–Trinajstić information content (AvgIpc) is 2.93. The molecule has 0 radical (unpaired) electrons. The number of benzene rings is 1. The van der Waals surface area contributed by atoms with E-state index >= 15 is 0 Å². The van der Waals surface area contributed by atoms with Crippen molar-refractivity contribution < 1.29 is 9.84 Å². The zero-order valence-corrected chi connectivity index (χ0v) is 12.0. The predicted octanol–water partition coefficient (Wildman–Crippen LogP) is 4.20. The first kappa shape index (κ1) is 14.1. The molecule has 0 spiro atoms. The van der Waals surface area contributed by atoms with Gasteiger partial charge in [-0.1, -0.05) is 31.5 Å². The van der Waals surface area contributed by atoms with Crippen molar-refractivity contribution in [1.29, 1.82) is 0 Å². The topological polar surface area (TPSA) is 29.5 Å². The van der Waals surface area contributed by atoms with Crippen LogP contribution in [0.4, 0.5) is 0 Å². The Labute approximate surface area is 118 Å². The van der Waals surface area contributed by atoms with Crippen molar-refractivity contribution in [2.24, 2.45) is 0 Å². The molecule has 2 rings (SSSR count). The molecule has 3 heteroatoms. The summed E-state index contributed by atoms with van der Waals surface area (Å²) < 4.78 is 5.61. The second kappa shape index (κ2) is 7.31. The fourth-order valence-electron chi connectivity index (χ4n) is 1.86. The summed E-state index contributed by atoms with van der Waals surface area (Å²) in [5.74, 6) is 0.875. The van der Waals surface area contributed by atoms with Crippen molar-refractivity contribution >= 4 is 11.3 Å². The van der Waals surface area contributed by atoms with Gasteiger partial charge in [0, 0.05) is 11.3 Å². The summed E-state index contributed by atoms with van der Waals surface area (Å²) in [6.07, 6.45) is 2.44. The molecule has 2 aromatic rings. The van der Waals surface area contributed by atoms with E-state index in [-0.39, 0.29) is 0 Å². The molecule has 0 aliphatic carbocycles. The molecule has 1 aromatic heterocycles. The summed E-state index contributed by atoms with van der Waals surface area (Å²) in [5, 5.41) is 12.2. The number of hydrogen-bond donors (Lipinski definition) is 1. The lowest BCUT2D eigenvalue weighted by Crippen LogP contribution is -2.01. The van der Waals surface area contributed by atoms with Gasteiger partial charge in [0.2, 0.25) is 0 Å². The molecule has 2 nitrogen and oxygen atoms in total. The van der Waals surface area contributed by atoms with Gasteiger partial charge in [-0.15, -0.1) is 11.3 Å². The van der Waals surface area contributed by atoms with Crippen LogP contribution in [-0.4, -0.2) is 11.7 Å². The molecule has 1 unspecified atom stereocenters. The van der Waals surface area contributed by atoms with E-state index in [0.29, 0.717) is 6.42 Å². The zero-order chi connectivity index (χ0) is 13.5. The Morgan fingerprint density at radius 2 is 2.00 bits per heavy atom. The maximum atomic E-state index is 10.2. The second-order valence-electron chi connectivity index (χ2n) is 4.57. The van der Waals surface area contributed by atoms with Crippen molar-refractivity contribution in [3.05, 3.63) is 52.2 Å². The minimum atomic E-state index is -0.441. The predicted molar refractivity (Wildman–Crippen MR) is 79.8 cm³/mol. The van der Waals surface area contributed by atoms with Crippen LogP contribution in [0, 0.1) is 0 Å². The Kier molecular flexibility index (Phi) is 5.43. The van der Waals surface area contributed by atoms with Gasteiger partial charge in [0.15, 0.2) is 0 Å². The SMILES string of the molecule is CCCCOc1ccc(C(O)Cc2cccs2)cc1. The molecule has 1 aromatic carbocycles. The average molecular weight is 276 g/mol. The summed E-state index contributed by atoms with van der Waals surface area (Å²) in [6.45, 7) is 2.90. The zero-order valence-electron chi connectivity index (χ0n) is 11.2. The normalized spacial score (nSPS) is 12.3. The third-order valence-corrected chi connectivity index (χ3v) is 3.90. The fraction of sp³-hybridized carbons (Fsp3) is 0.375. The first-order chi connectivity index (χ1) is 9.29. The van der Waals surface area contributed by atoms with Crippen LogP contribution >= 0.6 is 11.3 Å². The number of rotatable bonds is 7. The van der Waals surface area contributed by atoms with Crippen LogP contribution in [0.25, 0.3) is 0 Å². The van der Waals surface area contributed by atoms with Gasteiger partial charge < -0.3 is 9.84 Å². The molecule has 1 heterocycles. The number of unbranched alkanes of at least 4 members (excludes halogenated alkanes) is 1. The summed E-state index contributed by atoms with van der Waals surface area (Å²) >= 11 is 1.68. The maximum Gasteiger partial charge on any atom is 0.119 e. The van der Waals surface area contributed by atoms with E-state index in [2.05, 4.69) is 13.0 Å². The van der Waals surface area contributed by atoms with Crippen molar-refractivity contribution in [1.82, 2.24) is 0 Å². The van der Waals surface area contributed by atoms with Crippen LogP contribution < -0.4 is 4.74 Å². The monoisotopic (exact) mass is 276 g/mol. The first-order valence-corrected chi connectivity index (χ1v) is 7.60. The number of ether oxygens (including phenoxy) is 1. The third kappa shape index (κ3) is 4.37. The minimum Gasteiger partial charge on any atom is -0.494 e. The highest BCUT2D eigenvalue weighted by Crippen LogP contribution is 2.23. The van der Waals surface area contributed by atoms with Gasteiger partial charge in [0.1, 0.15) is 5.75 Å². The summed E-state index contributed by atoms with van der Waals surface area (Å²) in [4.78, 5) is 1.20. The molecule has 0 saturated carbocycles. The summed E-state index contributed by atoms with van der Waals surface area (Å²) in [5.41, 5.74) is 0.941. The summed E-state index contributed by atoms with van der Waals surface area (Å²) in [6, 6.07) is 11.8. The van der Waals surface area contributed by atoms with E-state index in [1.165, 1.54) is 4.88 Å². The molecule has 1 atom stereocenters. The van der Waals surface area contributed by atoms with Crippen LogP contribution in [-0.2, 0) is 6.42 Å². The fourth-order valence-corrected chi connectivity index (χ4v) is 2.60. The van der Waals surface area contributed by atoms with Gasteiger partial charge in [-0.05, 0) is 35.6 Å². The molecule has 102 valence electrons. The molecule has 0 amide bonds. The second-order valence-corrected chi connectivity index (χ2v) is 5.60. The Morgan fingerprint density at radius 1 is 1.21 bits per heavy atom. The van der Waals surface area contributed by atoms with E-state index in [1.54, 1.807) is 11.3 Å². The molecule has 0 saturated heterocycles. The van der Waals surface area contributed by atoms with Crippen LogP contribution in [0.2, 0.25) is 0 Å². The lowest BCUT2D eigenvalue weighted by Gasteiger charge is -2.11. The Hall–Kier alpha value is -1.32. The molecular formula is C16H20O2S. The van der Waals surface area contributed by atoms with E-state index in [1.807, 2.05) is 35.7 Å². The lowest BCUT2D eigenvalue weighted by atomic mass is 10.1. The molecule has 0 fully saturated rings. The molecule has 1 N–H and O–H groups in total. The van der Waals surface area contributed by atoms with E-state index in [4.69, 9.17) is 4.74 Å². The number of thiophene rings is 1. The van der Waals surface area contributed by atoms with Crippen LogP contribution in [0.3, 0.4) is 0 Å². The highest BCUT2D eigenvalue weighted by atomic mass is 32.1. The van der Waals surface area contributed by atoms with Crippen molar-refractivity contribution in [3.63, 3.8) is 0 Å². The van der Waals surface area contributed by atoms with Crippen molar-refractivity contribution in [3.8, 4) is 5.75 Å². The Balaban J connectivity index is 1.90. The van der Waals surface area contributed by atoms with E-state index in [9.17, 15) is 5.11 Å². The number of aliphatic hydroxyl groups is 1. The molecule has 0 bridgehead atoms. The molecular weight excluding hydrogens is 256 g/mol. The van der Waals surface area contributed by atoms with Crippen LogP contribution in [0.1, 0.15) is 36.3 Å². The highest BCUT2D eigenvalue weighted by Gasteiger charge is 2.09. The van der Waals surface area contributed by atoms with Gasteiger partial charge >= 0.3 is 0 Å². The maximum absolute atomic E-state index is 10.2. The van der Waals surface area contributed by atoms with E-state index in [0.717, 1.165) is 30.8 Å². The number of hydrogen-bond acceptors (Lipinski definition) is 3. The summed E-state index contributed by atoms with van der Waals surface area (Å²) in [7, 11) is 0. The van der Waals surface area contributed by atoms with Crippen LogP contribution in [0.5, 0.6) is 5.75 Å². The largest absolute Gasteiger partial charge is 0.494 e. The van der Waals surface area contributed by atoms with E-state index < -0.39 is 6.10 Å². The van der Waals surface area contributed by atoms with Crippen LogP contribution in [0.15, 0.2) is 41.8 Å². The van der Waals surface area contributed by atoms with Gasteiger partial charge in [-0.2, -0.15) is 0 Å².